The summed E-state index contributed by atoms with van der Waals surface area (Å²) in [4.78, 5) is 38.6. The van der Waals surface area contributed by atoms with E-state index in [1.54, 1.807) is 30.1 Å². The quantitative estimate of drug-likeness (QED) is 0.744. The van der Waals surface area contributed by atoms with Crippen LogP contribution >= 0.6 is 11.6 Å². The van der Waals surface area contributed by atoms with Crippen LogP contribution in [0.5, 0.6) is 0 Å². The molecule has 1 aromatic rings. The predicted molar refractivity (Wildman–Crippen MR) is 90.0 cm³/mol. The summed E-state index contributed by atoms with van der Waals surface area (Å²) in [5.41, 5.74) is 0.871. The Bertz CT molecular complexity index is 694. The van der Waals surface area contributed by atoms with Crippen LogP contribution < -0.4 is 16.0 Å². The maximum atomic E-state index is 12.8. The molecule has 128 valence electrons. The molecule has 0 aliphatic carbocycles. The first-order chi connectivity index (χ1) is 11.5. The largest absolute Gasteiger partial charge is 0.352 e. The molecule has 2 atom stereocenters. The van der Waals surface area contributed by atoms with E-state index in [0.717, 1.165) is 0 Å². The number of rotatable bonds is 3. The zero-order valence-corrected chi connectivity index (χ0v) is 14.0. The molecule has 24 heavy (non-hydrogen) atoms. The van der Waals surface area contributed by atoms with Crippen molar-refractivity contribution in [2.45, 2.75) is 24.9 Å². The number of carbonyl (C=O) groups excluding carboxylic acids is 3. The van der Waals surface area contributed by atoms with E-state index in [9.17, 15) is 14.4 Å². The molecule has 0 radical (unpaired) electrons. The van der Waals surface area contributed by atoms with Gasteiger partial charge in [-0.1, -0.05) is 11.6 Å². The van der Waals surface area contributed by atoms with Gasteiger partial charge in [0.15, 0.2) is 0 Å². The smallest absolute Gasteiger partial charge is 0.256 e. The van der Waals surface area contributed by atoms with Crippen molar-refractivity contribution >= 4 is 35.0 Å². The summed E-state index contributed by atoms with van der Waals surface area (Å²) >= 11 is 5.96. The molecule has 0 unspecified atom stereocenters. The van der Waals surface area contributed by atoms with Gasteiger partial charge in [-0.2, -0.15) is 0 Å². The molecule has 2 aliphatic rings. The first-order valence-electron chi connectivity index (χ1n) is 7.85. The number of nitrogens with zero attached hydrogens (tertiary/aromatic N) is 1. The molecule has 1 fully saturated rings. The summed E-state index contributed by atoms with van der Waals surface area (Å²) in [6, 6.07) is 4.11. The summed E-state index contributed by atoms with van der Waals surface area (Å²) in [7, 11) is 1.70. The van der Waals surface area contributed by atoms with E-state index in [-0.39, 0.29) is 30.3 Å². The van der Waals surface area contributed by atoms with Crippen LogP contribution in [-0.4, -0.2) is 54.8 Å². The molecule has 2 heterocycles. The lowest BCUT2D eigenvalue weighted by Crippen LogP contribution is -2.55. The maximum absolute atomic E-state index is 12.8. The Morgan fingerprint density at radius 3 is 2.96 bits per heavy atom. The highest BCUT2D eigenvalue weighted by atomic mass is 35.5. The summed E-state index contributed by atoms with van der Waals surface area (Å²) < 4.78 is 0. The topological polar surface area (TPSA) is 90.5 Å². The van der Waals surface area contributed by atoms with Crippen LogP contribution in [0.1, 0.15) is 23.2 Å². The van der Waals surface area contributed by atoms with Gasteiger partial charge in [0.05, 0.1) is 17.8 Å². The SMILES string of the molecule is CNCC(=O)N[C@H]1CCN2C(=O)c3ccc(Cl)cc3NC(=O)[C@@H]2C1. The van der Waals surface area contributed by atoms with Crippen LogP contribution in [0, 0.1) is 0 Å². The lowest BCUT2D eigenvalue weighted by atomic mass is 9.96. The molecule has 0 spiro atoms. The number of carbonyl (C=O) groups is 3. The molecule has 0 saturated carbocycles. The minimum Gasteiger partial charge on any atom is -0.352 e. The van der Waals surface area contributed by atoms with E-state index >= 15 is 0 Å². The third kappa shape index (κ3) is 3.22. The number of amides is 3. The molecule has 3 rings (SSSR count). The van der Waals surface area contributed by atoms with Crippen LogP contribution in [0.2, 0.25) is 5.02 Å². The molecule has 1 saturated heterocycles. The standard InChI is InChI=1S/C16H19ClN4O3/c1-18-8-14(22)19-10-4-5-21-13(7-10)15(23)20-12-6-9(17)2-3-11(12)16(21)24/h2-3,6,10,13,18H,4-5,7-8H2,1H3,(H,19,22)(H,20,23)/t10-,13-/m0/s1. The lowest BCUT2D eigenvalue weighted by Gasteiger charge is -2.37. The van der Waals surface area contributed by atoms with Crippen LogP contribution in [-0.2, 0) is 9.59 Å². The van der Waals surface area contributed by atoms with E-state index in [0.29, 0.717) is 35.7 Å². The second-order valence-electron chi connectivity index (χ2n) is 6.01. The Balaban J connectivity index is 1.80. The van der Waals surface area contributed by atoms with E-state index in [1.165, 1.54) is 0 Å². The highest BCUT2D eigenvalue weighted by Crippen LogP contribution is 2.30. The van der Waals surface area contributed by atoms with E-state index in [2.05, 4.69) is 16.0 Å². The molecular formula is C16H19ClN4O3. The zero-order valence-electron chi connectivity index (χ0n) is 13.3. The molecule has 3 N–H and O–H groups in total. The van der Waals surface area contributed by atoms with E-state index in [4.69, 9.17) is 11.6 Å². The first-order valence-corrected chi connectivity index (χ1v) is 8.22. The molecule has 0 aromatic heterocycles. The Labute approximate surface area is 144 Å². The van der Waals surface area contributed by atoms with Gasteiger partial charge in [-0.3, -0.25) is 14.4 Å². The van der Waals surface area contributed by atoms with Gasteiger partial charge < -0.3 is 20.9 Å². The second kappa shape index (κ2) is 6.78. The number of hydrogen-bond acceptors (Lipinski definition) is 4. The predicted octanol–water partition coefficient (Wildman–Crippen LogP) is 0.601. The second-order valence-corrected chi connectivity index (χ2v) is 6.45. The van der Waals surface area contributed by atoms with Gasteiger partial charge in [0.2, 0.25) is 11.8 Å². The molecule has 3 amide bonds. The minimum absolute atomic E-state index is 0.119. The van der Waals surface area contributed by atoms with Gasteiger partial charge >= 0.3 is 0 Å². The Morgan fingerprint density at radius 1 is 1.42 bits per heavy atom. The van der Waals surface area contributed by atoms with Gasteiger partial charge in [-0.15, -0.1) is 0 Å². The maximum Gasteiger partial charge on any atom is 0.256 e. The fraction of sp³-hybridized carbons (Fsp3) is 0.438. The van der Waals surface area contributed by atoms with Gasteiger partial charge in [0.25, 0.3) is 5.91 Å². The highest BCUT2D eigenvalue weighted by molar-refractivity contribution is 6.31. The molecule has 8 heteroatoms. The van der Waals surface area contributed by atoms with Crippen molar-refractivity contribution in [1.82, 2.24) is 15.5 Å². The highest BCUT2D eigenvalue weighted by Gasteiger charge is 2.40. The average molecular weight is 351 g/mol. The number of anilines is 1. The van der Waals surface area contributed by atoms with Crippen molar-refractivity contribution < 1.29 is 14.4 Å². The van der Waals surface area contributed by atoms with Crippen LogP contribution in [0.4, 0.5) is 5.69 Å². The fourth-order valence-electron chi connectivity index (χ4n) is 3.20. The van der Waals surface area contributed by atoms with Gasteiger partial charge in [0.1, 0.15) is 6.04 Å². The van der Waals surface area contributed by atoms with Crippen molar-refractivity contribution in [2.75, 3.05) is 25.5 Å². The summed E-state index contributed by atoms with van der Waals surface area (Å²) in [5.74, 6) is -0.562. The first kappa shape index (κ1) is 16.7. The average Bonchev–Trinajstić information content (AvgIpc) is 2.63. The van der Waals surface area contributed by atoms with Crippen LogP contribution in [0.3, 0.4) is 0 Å². The number of likely N-dealkylation sites (N-methyl/N-ethyl adjacent to an activating group) is 1. The van der Waals surface area contributed by atoms with E-state index < -0.39 is 6.04 Å². The minimum atomic E-state index is -0.600. The Hall–Kier alpha value is -2.12. The molecular weight excluding hydrogens is 332 g/mol. The van der Waals surface area contributed by atoms with Gasteiger partial charge in [-0.05, 0) is 38.1 Å². The molecule has 1 aromatic carbocycles. The summed E-state index contributed by atoms with van der Waals surface area (Å²) in [6.07, 6.45) is 1.02. The summed E-state index contributed by atoms with van der Waals surface area (Å²) in [5, 5.41) is 8.92. The van der Waals surface area contributed by atoms with E-state index in [1.807, 2.05) is 0 Å². The molecule has 7 nitrogen and oxygen atoms in total. The van der Waals surface area contributed by atoms with Crippen molar-refractivity contribution in [3.05, 3.63) is 28.8 Å². The number of benzene rings is 1. The van der Waals surface area contributed by atoms with Gasteiger partial charge in [-0.25, -0.2) is 0 Å². The van der Waals surface area contributed by atoms with Crippen LogP contribution in [0.25, 0.3) is 0 Å². The number of fused-ring (bicyclic) bond motifs is 2. The summed E-state index contributed by atoms with van der Waals surface area (Å²) in [6.45, 7) is 0.642. The molecule has 2 aliphatic heterocycles. The van der Waals surface area contributed by atoms with Gasteiger partial charge in [0, 0.05) is 17.6 Å². The van der Waals surface area contributed by atoms with Crippen LogP contribution in [0.15, 0.2) is 18.2 Å². The number of hydrogen-bond donors (Lipinski definition) is 3. The monoisotopic (exact) mass is 350 g/mol. The number of nitrogens with one attached hydrogen (secondary N) is 3. The molecule has 0 bridgehead atoms. The zero-order chi connectivity index (χ0) is 17.3. The Morgan fingerprint density at radius 2 is 2.21 bits per heavy atom. The van der Waals surface area contributed by atoms with Crippen molar-refractivity contribution in [1.29, 1.82) is 0 Å². The Kier molecular flexibility index (Phi) is 4.73. The normalized spacial score (nSPS) is 23.0. The van der Waals surface area contributed by atoms with Crippen molar-refractivity contribution in [2.24, 2.45) is 0 Å². The fourth-order valence-corrected chi connectivity index (χ4v) is 3.38. The third-order valence-corrected chi connectivity index (χ3v) is 4.57. The van der Waals surface area contributed by atoms with Crippen molar-refractivity contribution in [3.63, 3.8) is 0 Å². The number of halogens is 1. The van der Waals surface area contributed by atoms with Crippen molar-refractivity contribution in [3.8, 4) is 0 Å². The number of piperidine rings is 1. The third-order valence-electron chi connectivity index (χ3n) is 4.34. The lowest BCUT2D eigenvalue weighted by molar-refractivity contribution is -0.124.